The Morgan fingerprint density at radius 1 is 0.875 bits per heavy atom. The summed E-state index contributed by atoms with van der Waals surface area (Å²) in [6.07, 6.45) is 13.1. The third-order valence-electron chi connectivity index (χ3n) is 4.49. The van der Waals surface area contributed by atoms with E-state index in [0.29, 0.717) is 5.92 Å². The molecule has 1 unspecified atom stereocenters. The van der Waals surface area contributed by atoms with Crippen molar-refractivity contribution in [3.05, 3.63) is 29.8 Å². The molecule has 0 aliphatic carbocycles. The van der Waals surface area contributed by atoms with Crippen LogP contribution in [0.15, 0.2) is 29.2 Å². The molecule has 0 heterocycles. The van der Waals surface area contributed by atoms with E-state index in [9.17, 15) is 8.42 Å². The summed E-state index contributed by atoms with van der Waals surface area (Å²) in [7, 11) is -4.08. The van der Waals surface area contributed by atoms with Gasteiger partial charge in [0.05, 0.1) is 4.90 Å². The second kappa shape index (κ2) is 13.3. The third-order valence-corrected chi connectivity index (χ3v) is 5.36. The summed E-state index contributed by atoms with van der Waals surface area (Å²) < 4.78 is 31.0. The Kier molecular flexibility index (Phi) is 13.4. The van der Waals surface area contributed by atoms with Crippen LogP contribution in [0.3, 0.4) is 0 Å². The average Bonchev–Trinajstić information content (AvgIpc) is 2.52. The van der Waals surface area contributed by atoms with E-state index < -0.39 is 10.1 Å². The maximum absolute atomic E-state index is 11.0. The predicted octanol–water partition coefficient (Wildman–Crippen LogP) is 5.31. The molecule has 1 N–H and O–H groups in total. The molecule has 0 fully saturated rings. The van der Waals surface area contributed by atoms with Gasteiger partial charge in [0.2, 0.25) is 0 Å². The van der Waals surface area contributed by atoms with Gasteiger partial charge in [0.15, 0.2) is 0 Å². The molecule has 0 radical (unpaired) electrons. The number of hydrogen-bond donors (Lipinski definition) is 1. The summed E-state index contributed by atoms with van der Waals surface area (Å²) in [5, 5.41) is 0. The molecule has 1 atom stereocenters. The molecular formula is C19H33NaO3S. The van der Waals surface area contributed by atoms with Crippen LogP contribution in [0.1, 0.15) is 89.5 Å². The van der Waals surface area contributed by atoms with E-state index in [2.05, 4.69) is 13.8 Å². The summed E-state index contributed by atoms with van der Waals surface area (Å²) in [6, 6.07) is 6.58. The average molecular weight is 365 g/mol. The van der Waals surface area contributed by atoms with Crippen LogP contribution in [0.5, 0.6) is 0 Å². The van der Waals surface area contributed by atoms with Crippen molar-refractivity contribution in [3.8, 4) is 0 Å². The molecule has 0 saturated heterocycles. The fourth-order valence-corrected chi connectivity index (χ4v) is 3.38. The molecule has 0 amide bonds. The third kappa shape index (κ3) is 10.2. The van der Waals surface area contributed by atoms with Crippen molar-refractivity contribution < 1.29 is 13.0 Å². The zero-order valence-corrected chi connectivity index (χ0v) is 15.4. The monoisotopic (exact) mass is 364 g/mol. The number of hydrogen-bond acceptors (Lipinski definition) is 2. The zero-order chi connectivity index (χ0) is 17.1. The van der Waals surface area contributed by atoms with Gasteiger partial charge in [-0.25, -0.2) is 0 Å². The van der Waals surface area contributed by atoms with E-state index in [0.717, 1.165) is 12.0 Å². The van der Waals surface area contributed by atoms with E-state index >= 15 is 0 Å². The topological polar surface area (TPSA) is 54.4 Å². The van der Waals surface area contributed by atoms with Crippen molar-refractivity contribution in [2.75, 3.05) is 0 Å². The Morgan fingerprint density at radius 3 is 1.79 bits per heavy atom. The van der Waals surface area contributed by atoms with Gasteiger partial charge in [-0.2, -0.15) is 8.42 Å². The quantitative estimate of drug-likeness (QED) is 0.311. The Morgan fingerprint density at radius 2 is 1.33 bits per heavy atom. The van der Waals surface area contributed by atoms with Crippen LogP contribution in [0.25, 0.3) is 0 Å². The molecule has 24 heavy (non-hydrogen) atoms. The molecule has 0 aliphatic heterocycles. The predicted molar refractivity (Wildman–Crippen MR) is 104 cm³/mol. The molecule has 3 nitrogen and oxygen atoms in total. The first-order chi connectivity index (χ1) is 10.9. The molecule has 0 saturated carbocycles. The molecule has 1 rings (SSSR count). The van der Waals surface area contributed by atoms with Gasteiger partial charge >= 0.3 is 29.6 Å². The Labute approximate surface area is 170 Å². The number of unbranched alkanes of at least 4 members (excludes halogenated alkanes) is 8. The fraction of sp³-hybridized carbons (Fsp3) is 0.684. The first-order valence-corrected chi connectivity index (χ1v) is 10.5. The van der Waals surface area contributed by atoms with Gasteiger partial charge in [-0.15, -0.1) is 0 Å². The van der Waals surface area contributed by atoms with E-state index in [-0.39, 0.29) is 34.5 Å². The van der Waals surface area contributed by atoms with Crippen molar-refractivity contribution in [2.24, 2.45) is 0 Å². The second-order valence-corrected chi connectivity index (χ2v) is 7.98. The molecule has 1 aromatic rings. The minimum absolute atomic E-state index is 0. The van der Waals surface area contributed by atoms with Gasteiger partial charge in [0.1, 0.15) is 0 Å². The summed E-state index contributed by atoms with van der Waals surface area (Å²) in [6.45, 7) is 4.42. The van der Waals surface area contributed by atoms with Gasteiger partial charge < -0.3 is 0 Å². The van der Waals surface area contributed by atoms with Crippen LogP contribution in [0, 0.1) is 0 Å². The Balaban J connectivity index is 0.00000529. The molecular weight excluding hydrogens is 331 g/mol. The molecule has 0 spiro atoms. The van der Waals surface area contributed by atoms with Crippen molar-refractivity contribution >= 4 is 39.7 Å². The van der Waals surface area contributed by atoms with Gasteiger partial charge in [-0.05, 0) is 30.0 Å². The molecule has 134 valence electrons. The van der Waals surface area contributed by atoms with E-state index in [1.165, 1.54) is 69.9 Å². The Hall–Kier alpha value is 0.130. The van der Waals surface area contributed by atoms with Gasteiger partial charge in [0.25, 0.3) is 10.1 Å². The van der Waals surface area contributed by atoms with Crippen LogP contribution >= 0.6 is 0 Å². The second-order valence-electron chi connectivity index (χ2n) is 6.56. The van der Waals surface area contributed by atoms with Crippen molar-refractivity contribution in [1.82, 2.24) is 0 Å². The van der Waals surface area contributed by atoms with Gasteiger partial charge in [-0.3, -0.25) is 4.55 Å². The van der Waals surface area contributed by atoms with Crippen molar-refractivity contribution in [2.45, 2.75) is 88.9 Å². The van der Waals surface area contributed by atoms with Crippen LogP contribution in [0.2, 0.25) is 0 Å². The van der Waals surface area contributed by atoms with Gasteiger partial charge in [-0.1, -0.05) is 83.8 Å². The molecule has 0 aromatic heterocycles. The number of rotatable bonds is 12. The maximum atomic E-state index is 11.0. The summed E-state index contributed by atoms with van der Waals surface area (Å²) in [5.41, 5.74) is 1.14. The van der Waals surface area contributed by atoms with Gasteiger partial charge in [0, 0.05) is 0 Å². The van der Waals surface area contributed by atoms with Crippen LogP contribution in [-0.4, -0.2) is 42.5 Å². The first-order valence-electron chi connectivity index (χ1n) is 9.02. The van der Waals surface area contributed by atoms with Crippen LogP contribution < -0.4 is 0 Å². The zero-order valence-electron chi connectivity index (χ0n) is 14.6. The van der Waals surface area contributed by atoms with Crippen LogP contribution in [-0.2, 0) is 10.1 Å². The Bertz CT molecular complexity index is 526. The minimum atomic E-state index is -4.08. The first kappa shape index (κ1) is 24.1. The standard InChI is InChI=1S/C19H32O3S.Na.H/c1-3-4-5-6-7-8-9-10-11-12-17(2)18-13-15-19(16-14-18)23(20,21)22;;/h13-17H,3-12H2,1-2H3,(H,20,21,22);;. The fourth-order valence-electron chi connectivity index (χ4n) is 2.90. The molecule has 1 aromatic carbocycles. The SMILES string of the molecule is CCCCCCCCCCCC(C)c1ccc(S(=O)(=O)O)cc1.[NaH]. The summed E-state index contributed by atoms with van der Waals surface area (Å²) >= 11 is 0. The summed E-state index contributed by atoms with van der Waals surface area (Å²) in [4.78, 5) is -0.0310. The van der Waals surface area contributed by atoms with E-state index in [1.807, 2.05) is 12.1 Å². The molecule has 5 heteroatoms. The molecule has 0 aliphatic rings. The normalized spacial score (nSPS) is 12.6. The van der Waals surface area contributed by atoms with Crippen molar-refractivity contribution in [1.29, 1.82) is 0 Å². The van der Waals surface area contributed by atoms with E-state index in [4.69, 9.17) is 4.55 Å². The van der Waals surface area contributed by atoms with Crippen LogP contribution in [0.4, 0.5) is 0 Å². The number of benzene rings is 1. The summed E-state index contributed by atoms with van der Waals surface area (Å²) in [5.74, 6) is 0.426. The van der Waals surface area contributed by atoms with E-state index in [1.54, 1.807) is 0 Å². The molecule has 0 bridgehead atoms. The van der Waals surface area contributed by atoms with Crippen molar-refractivity contribution in [3.63, 3.8) is 0 Å².